The second kappa shape index (κ2) is 5.81. The van der Waals surface area contributed by atoms with E-state index in [9.17, 15) is 0 Å². The van der Waals surface area contributed by atoms with E-state index in [1.807, 2.05) is 0 Å². The largest absolute Gasteiger partial charge is 1.00 e. The Morgan fingerprint density at radius 3 is 1.50 bits per heavy atom. The van der Waals surface area contributed by atoms with Crippen LogP contribution in [0, 0.1) is 0 Å². The van der Waals surface area contributed by atoms with Gasteiger partial charge in [0.25, 0.3) is 0 Å². The van der Waals surface area contributed by atoms with Gasteiger partial charge in [0.1, 0.15) is 0 Å². The fraction of sp³-hybridized carbons (Fsp3) is 1.00. The van der Waals surface area contributed by atoms with Crippen molar-refractivity contribution in [3.8, 4) is 0 Å². The second-order valence-electron chi connectivity index (χ2n) is 1.56. The van der Waals surface area contributed by atoms with Crippen LogP contribution in [0.2, 0.25) is 19.1 Å². The Hall–Kier alpha value is 0.814. The molecule has 0 aliphatic rings. The Labute approximate surface area is 54.1 Å². The molecule has 2 heteroatoms. The average molecular weight is 94.2 g/mol. The minimum Gasteiger partial charge on any atom is -0.268 e. The van der Waals surface area contributed by atoms with E-state index in [2.05, 4.69) is 20.0 Å². The molecule has 0 nitrogen and oxygen atoms in total. The van der Waals surface area contributed by atoms with Gasteiger partial charge in [-0.2, -0.15) is 19.1 Å². The van der Waals surface area contributed by atoms with Crippen molar-refractivity contribution < 1.29 is 18.9 Å². The molecule has 0 saturated carbocycles. The molecule has 0 radical (unpaired) electrons. The average Bonchev–Trinajstić information content (AvgIpc) is 1.38. The van der Waals surface area contributed by atoms with Crippen molar-refractivity contribution in [3.05, 3.63) is 0 Å². The first-order chi connectivity index (χ1) is 2.27. The van der Waals surface area contributed by atoms with Gasteiger partial charge < -0.3 is 0 Å². The second-order valence-corrected chi connectivity index (χ2v) is 4.68. The van der Waals surface area contributed by atoms with Gasteiger partial charge in [-0.05, 0) is 0 Å². The molecule has 0 atom stereocenters. The van der Waals surface area contributed by atoms with Gasteiger partial charge in [-0.15, -0.1) is 0 Å². The number of hydrogen-bond acceptors (Lipinski definition) is 0. The fourth-order valence-electron chi connectivity index (χ4n) is 0. The van der Waals surface area contributed by atoms with Crippen LogP contribution in [0.5, 0.6) is 0 Å². The molecular formula is C4H11LiSi. The maximum atomic E-state index is 2.32. The third-order valence-electron chi connectivity index (χ3n) is 0.707. The Morgan fingerprint density at radius 1 is 1.33 bits per heavy atom. The maximum absolute atomic E-state index is 2.32. The van der Waals surface area contributed by atoms with Gasteiger partial charge in [-0.25, -0.2) is 0 Å². The maximum Gasteiger partial charge on any atom is 1.00 e. The quantitative estimate of drug-likeness (QED) is 0.357. The van der Waals surface area contributed by atoms with Crippen LogP contribution in [0.15, 0.2) is 0 Å². The molecule has 0 unspecified atom stereocenters. The van der Waals surface area contributed by atoms with Gasteiger partial charge in [0, 0.05) is 0 Å². The van der Waals surface area contributed by atoms with Crippen LogP contribution in [0.1, 0.15) is 6.92 Å². The first-order valence-corrected chi connectivity index (χ1v) is 4.77. The molecule has 0 N–H and O–H groups in total. The van der Waals surface area contributed by atoms with Crippen LogP contribution in [-0.4, -0.2) is 8.80 Å². The minimum atomic E-state index is 0. The molecule has 0 aliphatic heterocycles. The summed E-state index contributed by atoms with van der Waals surface area (Å²) in [4.78, 5) is 0. The third-order valence-corrected chi connectivity index (χ3v) is 2.12. The van der Waals surface area contributed by atoms with Crippen molar-refractivity contribution >= 4 is 8.80 Å². The summed E-state index contributed by atoms with van der Waals surface area (Å²) in [6.07, 6.45) is 0. The standard InChI is InChI=1S/C4H11Si.Li/c1-4-5(2)3;/h4H2,1-3H3;/q-1;+1. The molecule has 0 rings (SSSR count). The topological polar surface area (TPSA) is 0 Å². The molecule has 32 valence electrons. The summed E-state index contributed by atoms with van der Waals surface area (Å²) in [5.41, 5.74) is 0. The van der Waals surface area contributed by atoms with E-state index in [1.165, 1.54) is 6.04 Å². The predicted molar refractivity (Wildman–Crippen MR) is 28.0 cm³/mol. The van der Waals surface area contributed by atoms with Crippen LogP contribution in [0.25, 0.3) is 0 Å². The van der Waals surface area contributed by atoms with Gasteiger partial charge in [-0.3, -0.25) is 8.80 Å². The molecule has 6 heavy (non-hydrogen) atoms. The van der Waals surface area contributed by atoms with Crippen molar-refractivity contribution in [2.45, 2.75) is 26.1 Å². The van der Waals surface area contributed by atoms with Gasteiger partial charge in [0.15, 0.2) is 0 Å². The molecular weight excluding hydrogens is 83.1 g/mol. The molecule has 0 amide bonds. The first-order valence-electron chi connectivity index (χ1n) is 2.06. The summed E-state index contributed by atoms with van der Waals surface area (Å²) in [6, 6.07) is 1.41. The zero-order valence-corrected chi connectivity index (χ0v) is 6.21. The molecule has 0 heterocycles. The summed E-state index contributed by atoms with van der Waals surface area (Å²) in [7, 11) is 0.126. The Morgan fingerprint density at radius 2 is 1.50 bits per heavy atom. The van der Waals surface area contributed by atoms with E-state index in [1.54, 1.807) is 0 Å². The van der Waals surface area contributed by atoms with E-state index in [0.717, 1.165) is 0 Å². The zero-order chi connectivity index (χ0) is 4.28. The van der Waals surface area contributed by atoms with Gasteiger partial charge in [-0.1, -0.05) is 6.92 Å². The van der Waals surface area contributed by atoms with Gasteiger partial charge in [0.05, 0.1) is 0 Å². The van der Waals surface area contributed by atoms with Crippen molar-refractivity contribution in [1.29, 1.82) is 0 Å². The van der Waals surface area contributed by atoms with Crippen molar-refractivity contribution in [1.82, 2.24) is 0 Å². The van der Waals surface area contributed by atoms with E-state index in [4.69, 9.17) is 0 Å². The van der Waals surface area contributed by atoms with Crippen LogP contribution in [0.3, 0.4) is 0 Å². The summed E-state index contributed by atoms with van der Waals surface area (Å²) >= 11 is 0. The molecule has 0 spiro atoms. The minimum absolute atomic E-state index is 0. The summed E-state index contributed by atoms with van der Waals surface area (Å²) in [5, 5.41) is 0. The van der Waals surface area contributed by atoms with Crippen LogP contribution in [0.4, 0.5) is 0 Å². The molecule has 0 aliphatic carbocycles. The third kappa shape index (κ3) is 8.84. The predicted octanol–water partition coefficient (Wildman–Crippen LogP) is -1.24. The van der Waals surface area contributed by atoms with Crippen LogP contribution < -0.4 is 18.9 Å². The van der Waals surface area contributed by atoms with E-state index < -0.39 is 0 Å². The van der Waals surface area contributed by atoms with Gasteiger partial charge >= 0.3 is 18.9 Å². The van der Waals surface area contributed by atoms with E-state index in [-0.39, 0.29) is 27.7 Å². The Bertz CT molecular complexity index is 21.5. The van der Waals surface area contributed by atoms with Gasteiger partial charge in [0.2, 0.25) is 0 Å². The van der Waals surface area contributed by atoms with E-state index >= 15 is 0 Å². The molecule has 0 aromatic heterocycles. The summed E-state index contributed by atoms with van der Waals surface area (Å²) in [5.74, 6) is 0. The van der Waals surface area contributed by atoms with E-state index in [0.29, 0.717) is 0 Å². The zero-order valence-electron chi connectivity index (χ0n) is 5.21. The number of rotatable bonds is 1. The van der Waals surface area contributed by atoms with Crippen molar-refractivity contribution in [2.75, 3.05) is 0 Å². The fourth-order valence-corrected chi connectivity index (χ4v) is 0. The SMILES string of the molecule is CC[Si-](C)C.[Li+]. The Kier molecular flexibility index (Phi) is 9.63. The number of hydrogen-bond donors (Lipinski definition) is 0. The van der Waals surface area contributed by atoms with Crippen molar-refractivity contribution in [2.24, 2.45) is 0 Å². The van der Waals surface area contributed by atoms with Crippen molar-refractivity contribution in [3.63, 3.8) is 0 Å². The normalized spacial score (nSPS) is 8.00. The molecule has 0 saturated heterocycles. The first kappa shape index (κ1) is 9.94. The Balaban J connectivity index is 0. The van der Waals surface area contributed by atoms with Crippen LogP contribution >= 0.6 is 0 Å². The summed E-state index contributed by atoms with van der Waals surface area (Å²) in [6.45, 7) is 6.89. The smallest absolute Gasteiger partial charge is 0.268 e. The molecule has 0 aromatic carbocycles. The molecule has 0 aromatic rings. The monoisotopic (exact) mass is 94.1 g/mol. The molecule has 0 fully saturated rings. The molecule has 0 bridgehead atoms. The summed E-state index contributed by atoms with van der Waals surface area (Å²) < 4.78 is 0. The van der Waals surface area contributed by atoms with Crippen LogP contribution in [-0.2, 0) is 0 Å².